The van der Waals surface area contributed by atoms with E-state index in [0.29, 0.717) is 27.0 Å². The van der Waals surface area contributed by atoms with Crippen LogP contribution in [0, 0.1) is 0 Å². The molecule has 1 heterocycles. The van der Waals surface area contributed by atoms with Gasteiger partial charge in [-0.05, 0) is 42.5 Å². The topological polar surface area (TPSA) is 72.2 Å². The fourth-order valence-electron chi connectivity index (χ4n) is 2.27. The van der Waals surface area contributed by atoms with Crippen LogP contribution in [0.5, 0.6) is 0 Å². The molecule has 0 atom stereocenters. The summed E-state index contributed by atoms with van der Waals surface area (Å²) in [5, 5.41) is 14.0. The van der Waals surface area contributed by atoms with E-state index >= 15 is 0 Å². The third-order valence-electron chi connectivity index (χ3n) is 3.41. The lowest BCUT2D eigenvalue weighted by Crippen LogP contribution is -2.22. The van der Waals surface area contributed by atoms with Crippen molar-refractivity contribution in [1.29, 1.82) is 0 Å². The Morgan fingerprint density at radius 2 is 1.76 bits per heavy atom. The van der Waals surface area contributed by atoms with Crippen molar-refractivity contribution in [2.75, 3.05) is 0 Å². The van der Waals surface area contributed by atoms with Gasteiger partial charge in [0.15, 0.2) is 0 Å². The van der Waals surface area contributed by atoms with Gasteiger partial charge in [0.25, 0.3) is 0 Å². The Morgan fingerprint density at radius 3 is 2.36 bits per heavy atom. The fraction of sp³-hybridized carbons (Fsp3) is 0. The first-order chi connectivity index (χ1) is 11.9. The molecule has 0 saturated carbocycles. The second kappa shape index (κ2) is 7.00. The zero-order valence-electron chi connectivity index (χ0n) is 12.4. The summed E-state index contributed by atoms with van der Waals surface area (Å²) < 4.78 is 2.22. The van der Waals surface area contributed by atoms with Crippen LogP contribution in [-0.4, -0.2) is 20.9 Å². The first kappa shape index (κ1) is 17.7. The number of carbonyl (C=O) groups is 1. The second-order valence-corrected chi connectivity index (χ2v) is 6.82. The molecule has 1 N–H and O–H groups in total. The van der Waals surface area contributed by atoms with Crippen LogP contribution in [0.2, 0.25) is 10.0 Å². The second-order valence-electron chi connectivity index (χ2n) is 5.06. The maximum atomic E-state index is 12.1. The summed E-state index contributed by atoms with van der Waals surface area (Å²) in [6, 6.07) is 13.1. The van der Waals surface area contributed by atoms with Crippen molar-refractivity contribution in [3.63, 3.8) is 0 Å². The molecule has 0 aliphatic heterocycles. The van der Waals surface area contributed by atoms with Gasteiger partial charge >= 0.3 is 5.97 Å². The molecule has 0 aliphatic carbocycles. The van der Waals surface area contributed by atoms with Crippen molar-refractivity contribution in [3.05, 3.63) is 79.0 Å². The van der Waals surface area contributed by atoms with Crippen molar-refractivity contribution in [1.82, 2.24) is 9.78 Å². The monoisotopic (exact) mass is 438 g/mol. The van der Waals surface area contributed by atoms with Crippen molar-refractivity contribution in [2.24, 2.45) is 0 Å². The van der Waals surface area contributed by atoms with E-state index in [1.807, 2.05) is 0 Å². The van der Waals surface area contributed by atoms with Crippen LogP contribution in [-0.2, 0) is 0 Å². The van der Waals surface area contributed by atoms with Gasteiger partial charge in [-0.1, -0.05) is 39.1 Å². The van der Waals surface area contributed by atoms with Gasteiger partial charge < -0.3 is 5.11 Å². The molecule has 126 valence electrons. The number of rotatable bonds is 3. The average molecular weight is 440 g/mol. The molecule has 5 nitrogen and oxygen atoms in total. The van der Waals surface area contributed by atoms with E-state index < -0.39 is 17.1 Å². The van der Waals surface area contributed by atoms with Crippen molar-refractivity contribution < 1.29 is 9.90 Å². The summed E-state index contributed by atoms with van der Waals surface area (Å²) in [4.78, 5) is 23.4. The Bertz CT molecular complexity index is 1030. The normalized spacial score (nSPS) is 10.7. The first-order valence-electron chi connectivity index (χ1n) is 6.96. The summed E-state index contributed by atoms with van der Waals surface area (Å²) in [6.45, 7) is 0. The molecule has 3 rings (SSSR count). The number of hydrogen-bond donors (Lipinski definition) is 1. The number of carboxylic acid groups (broad SMARTS) is 1. The quantitative estimate of drug-likeness (QED) is 0.643. The Labute approximate surface area is 160 Å². The van der Waals surface area contributed by atoms with Crippen LogP contribution in [0.15, 0.2) is 57.8 Å². The van der Waals surface area contributed by atoms with E-state index in [1.54, 1.807) is 42.5 Å². The third-order valence-corrected chi connectivity index (χ3v) is 4.49. The molecule has 0 unspecified atom stereocenters. The molecular weight excluding hydrogens is 431 g/mol. The van der Waals surface area contributed by atoms with Crippen molar-refractivity contribution in [3.8, 4) is 16.9 Å². The van der Waals surface area contributed by atoms with Gasteiger partial charge in [-0.2, -0.15) is 5.10 Å². The summed E-state index contributed by atoms with van der Waals surface area (Å²) in [5.41, 5.74) is 0.167. The highest BCUT2D eigenvalue weighted by molar-refractivity contribution is 9.10. The molecule has 1 aromatic heterocycles. The van der Waals surface area contributed by atoms with E-state index in [9.17, 15) is 14.7 Å². The Kier molecular flexibility index (Phi) is 4.94. The molecule has 2 aromatic carbocycles. The van der Waals surface area contributed by atoms with E-state index in [0.717, 1.165) is 4.47 Å². The lowest BCUT2D eigenvalue weighted by molar-refractivity contribution is 0.0687. The Morgan fingerprint density at radius 1 is 1.08 bits per heavy atom. The maximum absolute atomic E-state index is 12.1. The van der Waals surface area contributed by atoms with Gasteiger partial charge in [-0.15, -0.1) is 0 Å². The van der Waals surface area contributed by atoms with E-state index in [1.165, 1.54) is 10.7 Å². The number of benzene rings is 2. The van der Waals surface area contributed by atoms with Crippen LogP contribution < -0.4 is 5.43 Å². The molecule has 0 spiro atoms. The smallest absolute Gasteiger partial charge is 0.360 e. The standard InChI is InChI=1S/C17H9BrCl2N2O3/c18-9-1-4-11(5-2-9)22-14(8-15(23)16(21-22)17(24)25)12-6-3-10(19)7-13(12)20/h1-8H,(H,24,25). The molecule has 25 heavy (non-hydrogen) atoms. The Hall–Kier alpha value is -2.15. The highest BCUT2D eigenvalue weighted by atomic mass is 79.9. The van der Waals surface area contributed by atoms with Gasteiger partial charge in [0.1, 0.15) is 0 Å². The molecule has 0 bridgehead atoms. The van der Waals surface area contributed by atoms with Crippen LogP contribution >= 0.6 is 39.1 Å². The first-order valence-corrected chi connectivity index (χ1v) is 8.51. The summed E-state index contributed by atoms with van der Waals surface area (Å²) in [6.07, 6.45) is 0. The predicted octanol–water partition coefficient (Wildman–Crippen LogP) is 4.67. The average Bonchev–Trinajstić information content (AvgIpc) is 2.55. The third kappa shape index (κ3) is 3.61. The molecule has 0 radical (unpaired) electrons. The minimum Gasteiger partial charge on any atom is -0.476 e. The van der Waals surface area contributed by atoms with E-state index in [-0.39, 0.29) is 0 Å². The molecule has 0 amide bonds. The SMILES string of the molecule is O=C(O)c1nn(-c2ccc(Br)cc2)c(-c2ccc(Cl)cc2Cl)cc1=O. The number of carboxylic acids is 1. The molecule has 0 aliphatic rings. The van der Waals surface area contributed by atoms with Crippen LogP contribution in [0.1, 0.15) is 10.5 Å². The number of hydrogen-bond acceptors (Lipinski definition) is 3. The van der Waals surface area contributed by atoms with Gasteiger partial charge in [0.2, 0.25) is 11.1 Å². The number of aromatic nitrogens is 2. The van der Waals surface area contributed by atoms with Gasteiger partial charge in [-0.25, -0.2) is 9.48 Å². The molecule has 8 heteroatoms. The van der Waals surface area contributed by atoms with Crippen LogP contribution in [0.4, 0.5) is 0 Å². The molecule has 3 aromatic rings. The van der Waals surface area contributed by atoms with Gasteiger partial charge in [0.05, 0.1) is 16.4 Å². The zero-order valence-corrected chi connectivity index (χ0v) is 15.5. The van der Waals surface area contributed by atoms with E-state index in [4.69, 9.17) is 23.2 Å². The van der Waals surface area contributed by atoms with Gasteiger partial charge in [-0.3, -0.25) is 4.79 Å². The fourth-order valence-corrected chi connectivity index (χ4v) is 3.04. The largest absolute Gasteiger partial charge is 0.476 e. The van der Waals surface area contributed by atoms with Crippen LogP contribution in [0.3, 0.4) is 0 Å². The zero-order chi connectivity index (χ0) is 18.1. The number of halogens is 3. The number of aromatic carboxylic acids is 1. The molecule has 0 fully saturated rings. The van der Waals surface area contributed by atoms with Gasteiger partial charge in [0, 0.05) is 21.1 Å². The molecular formula is C17H9BrCl2N2O3. The van der Waals surface area contributed by atoms with E-state index in [2.05, 4.69) is 21.0 Å². The highest BCUT2D eigenvalue weighted by Crippen LogP contribution is 2.31. The Balaban J connectivity index is 2.33. The summed E-state index contributed by atoms with van der Waals surface area (Å²) in [5.74, 6) is -1.40. The minimum atomic E-state index is -1.40. The maximum Gasteiger partial charge on any atom is 0.360 e. The minimum absolute atomic E-state index is 0.322. The number of nitrogens with zero attached hydrogens (tertiary/aromatic N) is 2. The lowest BCUT2D eigenvalue weighted by Gasteiger charge is -2.14. The molecule has 0 saturated heterocycles. The summed E-state index contributed by atoms with van der Waals surface area (Å²) in [7, 11) is 0. The van der Waals surface area contributed by atoms with Crippen molar-refractivity contribution >= 4 is 45.1 Å². The van der Waals surface area contributed by atoms with Crippen molar-refractivity contribution in [2.45, 2.75) is 0 Å². The summed E-state index contributed by atoms with van der Waals surface area (Å²) >= 11 is 15.5. The lowest BCUT2D eigenvalue weighted by atomic mass is 10.1. The predicted molar refractivity (Wildman–Crippen MR) is 99.9 cm³/mol. The van der Waals surface area contributed by atoms with Crippen LogP contribution in [0.25, 0.3) is 16.9 Å². The highest BCUT2D eigenvalue weighted by Gasteiger charge is 2.18.